The number of nitrogens with zero attached hydrogens (tertiary/aromatic N) is 1. The number of carbonyl (C=O) groups is 1. The van der Waals surface area contributed by atoms with E-state index in [0.717, 1.165) is 5.56 Å². The Morgan fingerprint density at radius 3 is 2.27 bits per heavy atom. The Kier molecular flexibility index (Phi) is 5.47. The molecule has 2 aromatic carbocycles. The molecule has 1 heterocycles. The van der Waals surface area contributed by atoms with Gasteiger partial charge in [-0.1, -0.05) is 56.3 Å². The van der Waals surface area contributed by atoms with E-state index >= 15 is 0 Å². The molecule has 1 fully saturated rings. The van der Waals surface area contributed by atoms with Gasteiger partial charge in [0.05, 0.1) is 11.5 Å². The third kappa shape index (κ3) is 4.33. The molecule has 4 nitrogen and oxygen atoms in total. The summed E-state index contributed by atoms with van der Waals surface area (Å²) in [4.78, 5) is 14.8. The summed E-state index contributed by atoms with van der Waals surface area (Å²) in [5, 5.41) is 0. The van der Waals surface area contributed by atoms with Gasteiger partial charge in [-0.05, 0) is 35.6 Å². The average Bonchev–Trinajstić information content (AvgIpc) is 3.00. The lowest BCUT2D eigenvalue weighted by molar-refractivity contribution is 0.0681. The molecule has 1 amide bonds. The van der Waals surface area contributed by atoms with Crippen LogP contribution in [0.3, 0.4) is 0 Å². The van der Waals surface area contributed by atoms with E-state index in [9.17, 15) is 13.2 Å². The fourth-order valence-electron chi connectivity index (χ4n) is 3.34. The van der Waals surface area contributed by atoms with Gasteiger partial charge in [0.2, 0.25) is 0 Å². The van der Waals surface area contributed by atoms with Crippen molar-refractivity contribution in [2.45, 2.75) is 38.8 Å². The molecule has 1 saturated heterocycles. The van der Waals surface area contributed by atoms with Crippen molar-refractivity contribution >= 4 is 15.7 Å². The van der Waals surface area contributed by atoms with Crippen molar-refractivity contribution in [1.29, 1.82) is 0 Å². The first kappa shape index (κ1) is 18.6. The number of benzene rings is 2. The first-order valence-electron chi connectivity index (χ1n) is 9.01. The van der Waals surface area contributed by atoms with Crippen LogP contribution in [0.25, 0.3) is 0 Å². The lowest BCUT2D eigenvalue weighted by atomic mass is 10.0. The van der Waals surface area contributed by atoms with Crippen molar-refractivity contribution in [1.82, 2.24) is 4.90 Å². The first-order valence-corrected chi connectivity index (χ1v) is 10.8. The monoisotopic (exact) mass is 371 g/mol. The van der Waals surface area contributed by atoms with Crippen LogP contribution >= 0.6 is 0 Å². The van der Waals surface area contributed by atoms with Crippen LogP contribution in [0.15, 0.2) is 54.6 Å². The third-order valence-corrected chi connectivity index (χ3v) is 6.68. The molecule has 0 saturated carbocycles. The Hall–Kier alpha value is -2.14. The highest BCUT2D eigenvalue weighted by molar-refractivity contribution is 7.91. The molecule has 26 heavy (non-hydrogen) atoms. The van der Waals surface area contributed by atoms with Crippen LogP contribution in [0.4, 0.5) is 0 Å². The van der Waals surface area contributed by atoms with E-state index in [1.165, 1.54) is 5.56 Å². The second kappa shape index (κ2) is 7.62. The third-order valence-electron chi connectivity index (χ3n) is 4.93. The summed E-state index contributed by atoms with van der Waals surface area (Å²) in [6, 6.07) is 17.0. The molecule has 5 heteroatoms. The maximum Gasteiger partial charge on any atom is 0.254 e. The molecule has 0 unspecified atom stereocenters. The molecule has 0 spiro atoms. The van der Waals surface area contributed by atoms with Crippen LogP contribution in [0.2, 0.25) is 0 Å². The maximum atomic E-state index is 13.1. The number of carbonyl (C=O) groups excluding carboxylic acids is 1. The summed E-state index contributed by atoms with van der Waals surface area (Å²) in [7, 11) is -3.06. The minimum Gasteiger partial charge on any atom is -0.330 e. The molecule has 1 aliphatic heterocycles. The number of amides is 1. The summed E-state index contributed by atoms with van der Waals surface area (Å²) in [5.74, 6) is 0.546. The predicted molar refractivity (Wildman–Crippen MR) is 104 cm³/mol. The zero-order valence-corrected chi connectivity index (χ0v) is 16.1. The van der Waals surface area contributed by atoms with Crippen molar-refractivity contribution in [3.63, 3.8) is 0 Å². The summed E-state index contributed by atoms with van der Waals surface area (Å²) in [6.45, 7) is 4.71. The molecule has 3 rings (SSSR count). The van der Waals surface area contributed by atoms with Gasteiger partial charge in [0, 0.05) is 18.2 Å². The fourth-order valence-corrected chi connectivity index (χ4v) is 5.07. The van der Waals surface area contributed by atoms with Gasteiger partial charge in [-0.15, -0.1) is 0 Å². The van der Waals surface area contributed by atoms with E-state index in [1.807, 2.05) is 30.3 Å². The second-order valence-electron chi connectivity index (χ2n) is 7.25. The number of rotatable bonds is 5. The van der Waals surface area contributed by atoms with Gasteiger partial charge < -0.3 is 4.90 Å². The van der Waals surface area contributed by atoms with Crippen LogP contribution in [0.5, 0.6) is 0 Å². The summed E-state index contributed by atoms with van der Waals surface area (Å²) < 4.78 is 23.9. The zero-order valence-electron chi connectivity index (χ0n) is 15.3. The fraction of sp³-hybridized carbons (Fsp3) is 0.381. The molecule has 0 N–H and O–H groups in total. The molecular weight excluding hydrogens is 346 g/mol. The van der Waals surface area contributed by atoms with Crippen LogP contribution < -0.4 is 0 Å². The van der Waals surface area contributed by atoms with E-state index in [-0.39, 0.29) is 23.5 Å². The molecule has 0 aromatic heterocycles. The SMILES string of the molecule is CC(C)c1ccc(CN(C(=O)c2ccccc2)[C@@H]2CCS(=O)(=O)C2)cc1. The average molecular weight is 372 g/mol. The van der Waals surface area contributed by atoms with Crippen molar-refractivity contribution in [3.05, 3.63) is 71.3 Å². The number of hydrogen-bond acceptors (Lipinski definition) is 3. The van der Waals surface area contributed by atoms with Gasteiger partial charge in [0.25, 0.3) is 5.91 Å². The van der Waals surface area contributed by atoms with Crippen LogP contribution in [0.1, 0.15) is 47.7 Å². The van der Waals surface area contributed by atoms with E-state index < -0.39 is 9.84 Å². The van der Waals surface area contributed by atoms with Gasteiger partial charge >= 0.3 is 0 Å². The second-order valence-corrected chi connectivity index (χ2v) is 9.48. The summed E-state index contributed by atoms with van der Waals surface area (Å²) in [5.41, 5.74) is 2.86. The van der Waals surface area contributed by atoms with Crippen LogP contribution in [-0.4, -0.2) is 36.8 Å². The number of hydrogen-bond donors (Lipinski definition) is 0. The highest BCUT2D eigenvalue weighted by Gasteiger charge is 2.35. The minimum atomic E-state index is -3.06. The van der Waals surface area contributed by atoms with Gasteiger partial charge in [-0.3, -0.25) is 4.79 Å². The Morgan fingerprint density at radius 2 is 1.73 bits per heavy atom. The Bertz CT molecular complexity index is 858. The Balaban J connectivity index is 1.86. The lowest BCUT2D eigenvalue weighted by Crippen LogP contribution is -2.40. The van der Waals surface area contributed by atoms with E-state index in [2.05, 4.69) is 26.0 Å². The van der Waals surface area contributed by atoms with E-state index in [4.69, 9.17) is 0 Å². The smallest absolute Gasteiger partial charge is 0.254 e. The van der Waals surface area contributed by atoms with Crippen molar-refractivity contribution in [2.24, 2.45) is 0 Å². The normalized spacial score (nSPS) is 18.8. The summed E-state index contributed by atoms with van der Waals surface area (Å²) >= 11 is 0. The molecule has 0 radical (unpaired) electrons. The predicted octanol–water partition coefficient (Wildman–Crippen LogP) is 3.64. The molecule has 1 aliphatic rings. The van der Waals surface area contributed by atoms with Crippen LogP contribution in [0, 0.1) is 0 Å². The Labute approximate surface area is 155 Å². The largest absolute Gasteiger partial charge is 0.330 e. The first-order chi connectivity index (χ1) is 12.4. The standard InChI is InChI=1S/C21H25NO3S/c1-16(2)18-10-8-17(9-11-18)14-22(20-12-13-26(24,25)15-20)21(23)19-6-4-3-5-7-19/h3-11,16,20H,12-15H2,1-2H3/t20-/m1/s1. The van der Waals surface area contributed by atoms with Gasteiger partial charge in [0.15, 0.2) is 9.84 Å². The molecule has 138 valence electrons. The van der Waals surface area contributed by atoms with Crippen molar-refractivity contribution in [3.8, 4) is 0 Å². The van der Waals surface area contributed by atoms with Gasteiger partial charge in [-0.2, -0.15) is 0 Å². The maximum absolute atomic E-state index is 13.1. The minimum absolute atomic E-state index is 0.0512. The Morgan fingerprint density at radius 1 is 1.08 bits per heavy atom. The van der Waals surface area contributed by atoms with Crippen LogP contribution in [-0.2, 0) is 16.4 Å². The van der Waals surface area contributed by atoms with E-state index in [1.54, 1.807) is 17.0 Å². The molecule has 0 bridgehead atoms. The van der Waals surface area contributed by atoms with Crippen molar-refractivity contribution < 1.29 is 13.2 Å². The quantitative estimate of drug-likeness (QED) is 0.806. The number of sulfone groups is 1. The van der Waals surface area contributed by atoms with E-state index in [0.29, 0.717) is 24.4 Å². The zero-order chi connectivity index (χ0) is 18.7. The highest BCUT2D eigenvalue weighted by atomic mass is 32.2. The molecule has 0 aliphatic carbocycles. The topological polar surface area (TPSA) is 54.5 Å². The molecular formula is C21H25NO3S. The van der Waals surface area contributed by atoms with Gasteiger partial charge in [0.1, 0.15) is 0 Å². The molecule has 1 atom stereocenters. The van der Waals surface area contributed by atoms with Crippen molar-refractivity contribution in [2.75, 3.05) is 11.5 Å². The molecule has 2 aromatic rings. The summed E-state index contributed by atoms with van der Waals surface area (Å²) in [6.07, 6.45) is 0.505. The highest BCUT2D eigenvalue weighted by Crippen LogP contribution is 2.23. The van der Waals surface area contributed by atoms with Gasteiger partial charge in [-0.25, -0.2) is 8.42 Å². The lowest BCUT2D eigenvalue weighted by Gasteiger charge is -2.28.